The number of nitrogens with two attached hydrogens (primary N) is 1. The van der Waals surface area contributed by atoms with E-state index in [2.05, 4.69) is 0 Å². The molecular formula is C12H9F4N. The van der Waals surface area contributed by atoms with Crippen LogP contribution < -0.4 is 5.73 Å². The quantitative estimate of drug-likeness (QED) is 0.322. The number of halogens is 4. The molecule has 0 saturated carbocycles. The van der Waals surface area contributed by atoms with Crippen molar-refractivity contribution in [2.75, 3.05) is 0 Å². The van der Waals surface area contributed by atoms with Gasteiger partial charge in [0.15, 0.2) is 23.3 Å². The summed E-state index contributed by atoms with van der Waals surface area (Å²) in [6, 6.07) is -0.378. The van der Waals surface area contributed by atoms with Crippen molar-refractivity contribution in [3.8, 4) is 0 Å². The molecule has 1 aromatic rings. The predicted molar refractivity (Wildman–Crippen MR) is 53.5 cm³/mol. The third-order valence-corrected chi connectivity index (χ3v) is 3.58. The minimum absolute atomic E-state index is 0.0735. The maximum atomic E-state index is 13.7. The van der Waals surface area contributed by atoms with E-state index in [1.165, 1.54) is 0 Å². The van der Waals surface area contributed by atoms with Gasteiger partial charge >= 0.3 is 0 Å². The number of hydrogen-bond donors (Lipinski definition) is 1. The molecule has 90 valence electrons. The average molecular weight is 243 g/mol. The average Bonchev–Trinajstić information content (AvgIpc) is 2.33. The van der Waals surface area contributed by atoms with Gasteiger partial charge in [-0.2, -0.15) is 0 Å². The molecule has 3 aliphatic rings. The van der Waals surface area contributed by atoms with E-state index in [1.54, 1.807) is 12.2 Å². The second-order valence-corrected chi connectivity index (χ2v) is 4.50. The first kappa shape index (κ1) is 10.8. The third-order valence-electron chi connectivity index (χ3n) is 3.58. The Balaban J connectivity index is 2.36. The van der Waals surface area contributed by atoms with Crippen LogP contribution >= 0.6 is 0 Å². The van der Waals surface area contributed by atoms with Crippen molar-refractivity contribution in [1.82, 2.24) is 0 Å². The summed E-state index contributed by atoms with van der Waals surface area (Å²) in [6.45, 7) is 0. The first-order valence-corrected chi connectivity index (χ1v) is 5.32. The topological polar surface area (TPSA) is 26.0 Å². The Labute approximate surface area is 94.9 Å². The van der Waals surface area contributed by atoms with Crippen LogP contribution in [0, 0.1) is 23.3 Å². The molecule has 2 bridgehead atoms. The van der Waals surface area contributed by atoms with E-state index in [4.69, 9.17) is 5.73 Å². The second-order valence-electron chi connectivity index (χ2n) is 4.50. The predicted octanol–water partition coefficient (Wildman–Crippen LogP) is 2.71. The van der Waals surface area contributed by atoms with E-state index >= 15 is 0 Å². The van der Waals surface area contributed by atoms with Crippen LogP contribution in [-0.4, -0.2) is 6.04 Å². The minimum Gasteiger partial charge on any atom is -0.327 e. The maximum Gasteiger partial charge on any atom is 0.197 e. The molecule has 1 aromatic carbocycles. The zero-order chi connectivity index (χ0) is 12.3. The SMILES string of the molecule is N[C@H]1C[C@@H]2C=C[C@H]1c1c(F)c(F)c(F)c(F)c12. The van der Waals surface area contributed by atoms with Crippen LogP contribution in [-0.2, 0) is 0 Å². The van der Waals surface area contributed by atoms with Crippen LogP contribution in [0.3, 0.4) is 0 Å². The van der Waals surface area contributed by atoms with E-state index in [1.807, 2.05) is 0 Å². The molecule has 2 N–H and O–H groups in total. The second kappa shape index (κ2) is 3.32. The maximum absolute atomic E-state index is 13.7. The summed E-state index contributed by atoms with van der Waals surface area (Å²) in [7, 11) is 0. The lowest BCUT2D eigenvalue weighted by molar-refractivity contribution is 0.366. The molecule has 0 aliphatic heterocycles. The van der Waals surface area contributed by atoms with Gasteiger partial charge in [0.2, 0.25) is 0 Å². The summed E-state index contributed by atoms with van der Waals surface area (Å²) in [5, 5.41) is 0. The largest absolute Gasteiger partial charge is 0.327 e. The summed E-state index contributed by atoms with van der Waals surface area (Å²) in [4.78, 5) is 0. The summed E-state index contributed by atoms with van der Waals surface area (Å²) in [5.74, 6) is -7.13. The number of rotatable bonds is 0. The molecule has 0 unspecified atom stereocenters. The molecule has 3 atom stereocenters. The van der Waals surface area contributed by atoms with E-state index in [-0.39, 0.29) is 17.2 Å². The molecule has 4 rings (SSSR count). The van der Waals surface area contributed by atoms with Gasteiger partial charge in [-0.15, -0.1) is 0 Å². The highest BCUT2D eigenvalue weighted by Crippen LogP contribution is 2.47. The monoisotopic (exact) mass is 243 g/mol. The fourth-order valence-corrected chi connectivity index (χ4v) is 2.79. The fourth-order valence-electron chi connectivity index (χ4n) is 2.79. The lowest BCUT2D eigenvalue weighted by atomic mass is 9.68. The fraction of sp³-hybridized carbons (Fsp3) is 0.333. The summed E-state index contributed by atoms with van der Waals surface area (Å²) < 4.78 is 53.7. The smallest absolute Gasteiger partial charge is 0.197 e. The first-order chi connectivity index (χ1) is 8.02. The Hall–Kier alpha value is -1.36. The van der Waals surface area contributed by atoms with Crippen LogP contribution in [0.1, 0.15) is 29.4 Å². The Morgan fingerprint density at radius 2 is 1.47 bits per heavy atom. The zero-order valence-corrected chi connectivity index (χ0v) is 8.68. The van der Waals surface area contributed by atoms with Gasteiger partial charge in [-0.1, -0.05) is 12.2 Å². The number of benzene rings is 1. The van der Waals surface area contributed by atoms with E-state index in [0.29, 0.717) is 6.42 Å². The van der Waals surface area contributed by atoms with Crippen LogP contribution in [0.15, 0.2) is 12.2 Å². The highest BCUT2D eigenvalue weighted by Gasteiger charge is 2.41. The normalized spacial score (nSPS) is 29.6. The van der Waals surface area contributed by atoms with Gasteiger partial charge in [-0.05, 0) is 6.42 Å². The molecule has 0 saturated heterocycles. The molecule has 0 heterocycles. The minimum atomic E-state index is -1.76. The molecule has 1 nitrogen and oxygen atoms in total. The molecule has 3 aliphatic carbocycles. The van der Waals surface area contributed by atoms with Gasteiger partial charge in [-0.25, -0.2) is 17.6 Å². The number of allylic oxidation sites excluding steroid dienone is 1. The van der Waals surface area contributed by atoms with Crippen molar-refractivity contribution >= 4 is 0 Å². The summed E-state index contributed by atoms with van der Waals surface area (Å²) in [6.07, 6.45) is 3.74. The van der Waals surface area contributed by atoms with Crippen molar-refractivity contribution in [3.05, 3.63) is 46.5 Å². The summed E-state index contributed by atoms with van der Waals surface area (Å²) in [5.41, 5.74) is 5.59. The van der Waals surface area contributed by atoms with E-state index < -0.39 is 35.1 Å². The Morgan fingerprint density at radius 3 is 2.06 bits per heavy atom. The van der Waals surface area contributed by atoms with Crippen LogP contribution in [0.5, 0.6) is 0 Å². The molecule has 0 amide bonds. The van der Waals surface area contributed by atoms with Crippen molar-refractivity contribution in [3.63, 3.8) is 0 Å². The Kier molecular flexibility index (Phi) is 2.10. The van der Waals surface area contributed by atoms with Crippen LogP contribution in [0.2, 0.25) is 0 Å². The van der Waals surface area contributed by atoms with Crippen LogP contribution in [0.4, 0.5) is 17.6 Å². The molecule has 0 spiro atoms. The molecular weight excluding hydrogens is 234 g/mol. The highest BCUT2D eigenvalue weighted by molar-refractivity contribution is 5.48. The number of hydrogen-bond acceptors (Lipinski definition) is 1. The molecule has 17 heavy (non-hydrogen) atoms. The first-order valence-electron chi connectivity index (χ1n) is 5.32. The third kappa shape index (κ3) is 1.23. The highest BCUT2D eigenvalue weighted by atomic mass is 19.2. The van der Waals surface area contributed by atoms with Crippen molar-refractivity contribution in [2.45, 2.75) is 24.3 Å². The van der Waals surface area contributed by atoms with Crippen molar-refractivity contribution in [2.24, 2.45) is 5.73 Å². The Morgan fingerprint density at radius 1 is 0.882 bits per heavy atom. The van der Waals surface area contributed by atoms with Gasteiger partial charge in [0.1, 0.15) is 0 Å². The lowest BCUT2D eigenvalue weighted by Gasteiger charge is -2.38. The molecule has 0 fully saturated rings. The van der Waals surface area contributed by atoms with Crippen molar-refractivity contribution < 1.29 is 17.6 Å². The van der Waals surface area contributed by atoms with Crippen molar-refractivity contribution in [1.29, 1.82) is 0 Å². The van der Waals surface area contributed by atoms with Gasteiger partial charge in [0, 0.05) is 29.0 Å². The standard InChI is InChI=1S/C12H9F4N/c13-9-7-4-1-2-5(6(17)3-4)8(7)10(14)12(16)11(9)15/h1-2,4-6H,3,17H2/t4-,5+,6-/m0/s1. The number of fused-ring (bicyclic) bond motifs is 1. The Bertz CT molecular complexity index is 538. The summed E-state index contributed by atoms with van der Waals surface area (Å²) >= 11 is 0. The van der Waals surface area contributed by atoms with E-state index in [0.717, 1.165) is 0 Å². The zero-order valence-electron chi connectivity index (χ0n) is 8.68. The van der Waals surface area contributed by atoms with Gasteiger partial charge in [0.25, 0.3) is 0 Å². The molecule has 0 radical (unpaired) electrons. The molecule has 0 aromatic heterocycles. The molecule has 5 heteroatoms. The van der Waals surface area contributed by atoms with E-state index in [9.17, 15) is 17.6 Å². The van der Waals surface area contributed by atoms with Gasteiger partial charge in [-0.3, -0.25) is 0 Å². The van der Waals surface area contributed by atoms with Crippen LogP contribution in [0.25, 0.3) is 0 Å². The van der Waals surface area contributed by atoms with Gasteiger partial charge < -0.3 is 5.73 Å². The lowest BCUT2D eigenvalue weighted by Crippen LogP contribution is -2.38. The van der Waals surface area contributed by atoms with Gasteiger partial charge in [0.05, 0.1) is 0 Å².